The number of rotatable bonds is 4. The zero-order chi connectivity index (χ0) is 11.6. The van der Waals surface area contributed by atoms with Gasteiger partial charge >= 0.3 is 0 Å². The summed E-state index contributed by atoms with van der Waals surface area (Å²) in [6.45, 7) is 4.22. The van der Waals surface area contributed by atoms with E-state index in [1.807, 2.05) is 13.8 Å². The van der Waals surface area contributed by atoms with Gasteiger partial charge in [-0.1, -0.05) is 13.3 Å². The van der Waals surface area contributed by atoms with Gasteiger partial charge in [0.2, 0.25) is 15.9 Å². The van der Waals surface area contributed by atoms with Crippen LogP contribution in [0.1, 0.15) is 33.1 Å². The highest BCUT2D eigenvalue weighted by atomic mass is 32.2. The molecule has 1 heterocycles. The molecule has 5 nitrogen and oxygen atoms in total. The van der Waals surface area contributed by atoms with Crippen molar-refractivity contribution in [1.82, 2.24) is 4.90 Å². The number of nitrogens with two attached hydrogens (primary N) is 1. The van der Waals surface area contributed by atoms with E-state index in [0.717, 1.165) is 12.8 Å². The van der Waals surface area contributed by atoms with E-state index in [1.54, 1.807) is 4.90 Å². The highest BCUT2D eigenvalue weighted by molar-refractivity contribution is 7.89. The fourth-order valence-electron chi connectivity index (χ4n) is 1.92. The van der Waals surface area contributed by atoms with Crippen molar-refractivity contribution in [2.24, 2.45) is 5.14 Å². The Balaban J connectivity index is 2.69. The molecule has 15 heavy (non-hydrogen) atoms. The van der Waals surface area contributed by atoms with Crippen molar-refractivity contribution in [1.29, 1.82) is 0 Å². The first-order valence-electron chi connectivity index (χ1n) is 5.17. The number of likely N-dealkylation sites (tertiary alicyclic amines) is 1. The second-order valence-corrected chi connectivity index (χ2v) is 5.94. The summed E-state index contributed by atoms with van der Waals surface area (Å²) in [4.78, 5) is 13.2. The summed E-state index contributed by atoms with van der Waals surface area (Å²) in [6, 6.07) is 0.106. The second-order valence-electron chi connectivity index (χ2n) is 4.10. The van der Waals surface area contributed by atoms with Crippen molar-refractivity contribution in [2.45, 2.75) is 44.4 Å². The van der Waals surface area contributed by atoms with Gasteiger partial charge in [0.15, 0.2) is 0 Å². The highest BCUT2D eigenvalue weighted by Crippen LogP contribution is 2.20. The summed E-state index contributed by atoms with van der Waals surface area (Å²) >= 11 is 0. The van der Waals surface area contributed by atoms with Crippen molar-refractivity contribution in [3.63, 3.8) is 0 Å². The average molecular weight is 234 g/mol. The fraction of sp³-hybridized carbons (Fsp3) is 0.889. The third-order valence-corrected chi connectivity index (χ3v) is 4.07. The topological polar surface area (TPSA) is 80.5 Å². The van der Waals surface area contributed by atoms with E-state index in [-0.39, 0.29) is 24.9 Å². The van der Waals surface area contributed by atoms with Gasteiger partial charge in [0, 0.05) is 19.0 Å². The van der Waals surface area contributed by atoms with Gasteiger partial charge in [-0.05, 0) is 13.3 Å². The van der Waals surface area contributed by atoms with E-state index < -0.39 is 15.3 Å². The van der Waals surface area contributed by atoms with E-state index in [2.05, 4.69) is 0 Å². The van der Waals surface area contributed by atoms with Crippen LogP contribution in [0.15, 0.2) is 0 Å². The molecule has 1 aliphatic rings. The molecule has 0 spiro atoms. The number of amides is 1. The van der Waals surface area contributed by atoms with Crippen LogP contribution in [0.3, 0.4) is 0 Å². The van der Waals surface area contributed by atoms with Crippen molar-refractivity contribution in [2.75, 3.05) is 6.54 Å². The van der Waals surface area contributed by atoms with Gasteiger partial charge in [-0.2, -0.15) is 0 Å². The second kappa shape index (κ2) is 4.49. The summed E-state index contributed by atoms with van der Waals surface area (Å²) < 4.78 is 22.2. The molecule has 0 radical (unpaired) electrons. The first-order valence-corrected chi connectivity index (χ1v) is 6.78. The molecule has 0 saturated carbocycles. The molecule has 1 amide bonds. The molecule has 1 aliphatic heterocycles. The maximum atomic E-state index is 11.6. The van der Waals surface area contributed by atoms with Gasteiger partial charge in [0.1, 0.15) is 5.25 Å². The van der Waals surface area contributed by atoms with Crippen LogP contribution in [-0.4, -0.2) is 37.1 Å². The Morgan fingerprint density at radius 3 is 2.60 bits per heavy atom. The number of hydrogen-bond donors (Lipinski definition) is 1. The Hall–Kier alpha value is -0.620. The van der Waals surface area contributed by atoms with Crippen LogP contribution in [0.2, 0.25) is 0 Å². The van der Waals surface area contributed by atoms with E-state index in [9.17, 15) is 13.2 Å². The van der Waals surface area contributed by atoms with Gasteiger partial charge in [-0.15, -0.1) is 0 Å². The third kappa shape index (κ3) is 2.92. The fourth-order valence-corrected chi connectivity index (χ4v) is 2.66. The largest absolute Gasteiger partial charge is 0.339 e. The first kappa shape index (κ1) is 12.4. The maximum absolute atomic E-state index is 11.6. The molecule has 1 fully saturated rings. The molecule has 0 bridgehead atoms. The van der Waals surface area contributed by atoms with Crippen molar-refractivity contribution < 1.29 is 13.2 Å². The Kier molecular flexibility index (Phi) is 3.72. The molecule has 0 aromatic rings. The molecular formula is C9H18N2O3S. The minimum Gasteiger partial charge on any atom is -0.339 e. The van der Waals surface area contributed by atoms with Crippen LogP contribution in [0, 0.1) is 0 Å². The van der Waals surface area contributed by atoms with E-state index >= 15 is 0 Å². The predicted molar refractivity (Wildman–Crippen MR) is 57.6 cm³/mol. The zero-order valence-electron chi connectivity index (χ0n) is 9.14. The number of sulfonamides is 1. The Morgan fingerprint density at radius 2 is 2.20 bits per heavy atom. The van der Waals surface area contributed by atoms with Crippen LogP contribution in [0.5, 0.6) is 0 Å². The minimum atomic E-state index is -3.58. The summed E-state index contributed by atoms with van der Waals surface area (Å²) in [5.41, 5.74) is 0. The Bertz CT molecular complexity index is 339. The lowest BCUT2D eigenvalue weighted by Crippen LogP contribution is -2.37. The van der Waals surface area contributed by atoms with Gasteiger partial charge < -0.3 is 4.90 Å². The van der Waals surface area contributed by atoms with Crippen LogP contribution in [-0.2, 0) is 14.8 Å². The lowest BCUT2D eigenvalue weighted by Gasteiger charge is -2.24. The first-order chi connectivity index (χ1) is 6.86. The number of carbonyl (C=O) groups is 1. The lowest BCUT2D eigenvalue weighted by atomic mass is 10.2. The molecule has 0 aromatic heterocycles. The van der Waals surface area contributed by atoms with Crippen LogP contribution < -0.4 is 5.14 Å². The van der Waals surface area contributed by atoms with Gasteiger partial charge in [0.25, 0.3) is 0 Å². The average Bonchev–Trinajstić information content (AvgIpc) is 2.47. The SMILES string of the molecule is CCCC(C)N1CC(S(N)(=O)=O)CC1=O. The minimum absolute atomic E-state index is 0.0346. The van der Waals surface area contributed by atoms with E-state index in [1.165, 1.54) is 0 Å². The highest BCUT2D eigenvalue weighted by Gasteiger charge is 2.37. The zero-order valence-corrected chi connectivity index (χ0v) is 9.96. The monoisotopic (exact) mass is 234 g/mol. The number of nitrogens with zero attached hydrogens (tertiary/aromatic N) is 1. The van der Waals surface area contributed by atoms with E-state index in [4.69, 9.17) is 5.14 Å². The molecule has 1 saturated heterocycles. The maximum Gasteiger partial charge on any atom is 0.224 e. The van der Waals surface area contributed by atoms with Gasteiger partial charge in [0.05, 0.1) is 0 Å². The van der Waals surface area contributed by atoms with Crippen LogP contribution >= 0.6 is 0 Å². The Morgan fingerprint density at radius 1 is 1.60 bits per heavy atom. The van der Waals surface area contributed by atoms with Crippen molar-refractivity contribution >= 4 is 15.9 Å². The molecule has 88 valence electrons. The molecular weight excluding hydrogens is 216 g/mol. The van der Waals surface area contributed by atoms with Crippen LogP contribution in [0.25, 0.3) is 0 Å². The standard InChI is InChI=1S/C9H18N2O3S/c1-3-4-7(2)11-6-8(5-9(11)12)15(10,13)14/h7-8H,3-6H2,1-2H3,(H2,10,13,14). The summed E-state index contributed by atoms with van der Waals surface area (Å²) in [5.74, 6) is -0.102. The Labute approximate surface area is 90.7 Å². The summed E-state index contributed by atoms with van der Waals surface area (Å²) in [5, 5.41) is 4.31. The smallest absolute Gasteiger partial charge is 0.224 e. The summed E-state index contributed by atoms with van der Waals surface area (Å²) in [6.07, 6.45) is 1.90. The predicted octanol–water partition coefficient (Wildman–Crippen LogP) is 0.0644. The lowest BCUT2D eigenvalue weighted by molar-refractivity contribution is -0.129. The normalized spacial score (nSPS) is 24.6. The number of hydrogen-bond acceptors (Lipinski definition) is 3. The molecule has 0 aliphatic carbocycles. The van der Waals surface area contributed by atoms with Crippen molar-refractivity contribution in [3.05, 3.63) is 0 Å². The number of primary sulfonamides is 1. The molecule has 2 unspecified atom stereocenters. The third-order valence-electron chi connectivity index (χ3n) is 2.83. The summed E-state index contributed by atoms with van der Waals surface area (Å²) in [7, 11) is -3.58. The van der Waals surface area contributed by atoms with Crippen LogP contribution in [0.4, 0.5) is 0 Å². The quantitative estimate of drug-likeness (QED) is 0.747. The van der Waals surface area contributed by atoms with Gasteiger partial charge in [-0.3, -0.25) is 4.79 Å². The molecule has 1 rings (SSSR count). The molecule has 6 heteroatoms. The molecule has 2 atom stereocenters. The van der Waals surface area contributed by atoms with E-state index in [0.29, 0.717) is 0 Å². The van der Waals surface area contributed by atoms with Crippen molar-refractivity contribution in [3.8, 4) is 0 Å². The van der Waals surface area contributed by atoms with Gasteiger partial charge in [-0.25, -0.2) is 13.6 Å². The molecule has 0 aromatic carbocycles. The number of carbonyl (C=O) groups excluding carboxylic acids is 1. The molecule has 2 N–H and O–H groups in total.